The Morgan fingerprint density at radius 1 is 1.27 bits per heavy atom. The van der Waals surface area contributed by atoms with Crippen LogP contribution in [0.4, 0.5) is 0 Å². The van der Waals surface area contributed by atoms with Crippen LogP contribution in [0, 0.1) is 0 Å². The Labute approximate surface area is 88.9 Å². The van der Waals surface area contributed by atoms with E-state index >= 15 is 0 Å². The first kappa shape index (κ1) is 8.72. The van der Waals surface area contributed by atoms with Crippen molar-refractivity contribution in [2.75, 3.05) is 6.61 Å². The third-order valence-electron chi connectivity index (χ3n) is 3.04. The highest BCUT2D eigenvalue weighted by molar-refractivity contribution is 5.89. The fraction of sp³-hybridized carbons (Fsp3) is 0.308. The van der Waals surface area contributed by atoms with E-state index < -0.39 is 0 Å². The summed E-state index contributed by atoms with van der Waals surface area (Å²) in [6.45, 7) is 2.96. The van der Waals surface area contributed by atoms with Crippen molar-refractivity contribution >= 4 is 10.8 Å². The van der Waals surface area contributed by atoms with E-state index in [1.165, 1.54) is 22.0 Å². The average Bonchev–Trinajstić information content (AvgIpc) is 2.76. The molecule has 0 spiro atoms. The largest absolute Gasteiger partial charge is 0.493 e. The van der Waals surface area contributed by atoms with Gasteiger partial charge in [0.1, 0.15) is 5.75 Å². The van der Waals surface area contributed by atoms with Crippen molar-refractivity contribution in [1.29, 1.82) is 0 Å². The van der Waals surface area contributed by atoms with Gasteiger partial charge in [-0.25, -0.2) is 0 Å². The van der Waals surface area contributed by atoms with Crippen LogP contribution in [-0.4, -0.2) is 11.6 Å². The molecule has 1 aromatic heterocycles. The van der Waals surface area contributed by atoms with Gasteiger partial charge in [0.2, 0.25) is 0 Å². The highest BCUT2D eigenvalue weighted by Crippen LogP contribution is 2.33. The number of fused-ring (bicyclic) bond motifs is 3. The number of aromatic nitrogens is 1. The number of benzene rings is 1. The van der Waals surface area contributed by atoms with Crippen LogP contribution in [0.15, 0.2) is 24.4 Å². The van der Waals surface area contributed by atoms with E-state index in [2.05, 4.69) is 30.1 Å². The lowest BCUT2D eigenvalue weighted by Gasteiger charge is -2.06. The second kappa shape index (κ2) is 3.23. The molecular formula is C13H13NO. The standard InChI is InChI=1S/C13H13NO/c1-2-12-10-3-4-13-11(6-8-15-13)9(10)5-7-14-12/h3-5,7H,2,6,8H2,1H3. The summed E-state index contributed by atoms with van der Waals surface area (Å²) in [5.74, 6) is 1.05. The Bertz CT molecular complexity index is 519. The lowest BCUT2D eigenvalue weighted by molar-refractivity contribution is 0.357. The molecule has 0 saturated heterocycles. The van der Waals surface area contributed by atoms with Crippen molar-refractivity contribution in [3.8, 4) is 5.75 Å². The molecule has 2 aromatic rings. The van der Waals surface area contributed by atoms with E-state index in [9.17, 15) is 0 Å². The van der Waals surface area contributed by atoms with Gasteiger partial charge in [0.15, 0.2) is 0 Å². The molecule has 2 heteroatoms. The minimum Gasteiger partial charge on any atom is -0.493 e. The molecule has 1 aliphatic heterocycles. The van der Waals surface area contributed by atoms with Gasteiger partial charge in [-0.05, 0) is 30.0 Å². The maximum atomic E-state index is 5.56. The molecule has 76 valence electrons. The van der Waals surface area contributed by atoms with Crippen LogP contribution >= 0.6 is 0 Å². The first-order valence-corrected chi connectivity index (χ1v) is 5.42. The SMILES string of the molecule is CCc1nccc2c3c(ccc12)OCC3. The fourth-order valence-corrected chi connectivity index (χ4v) is 2.30. The maximum absolute atomic E-state index is 5.56. The maximum Gasteiger partial charge on any atom is 0.123 e. The molecule has 3 rings (SSSR count). The number of nitrogens with zero attached hydrogens (tertiary/aromatic N) is 1. The molecule has 2 heterocycles. The van der Waals surface area contributed by atoms with Gasteiger partial charge in [-0.1, -0.05) is 6.92 Å². The van der Waals surface area contributed by atoms with Crippen molar-refractivity contribution in [3.05, 3.63) is 35.7 Å². The van der Waals surface area contributed by atoms with Crippen LogP contribution in [0.3, 0.4) is 0 Å². The Morgan fingerprint density at radius 3 is 3.07 bits per heavy atom. The van der Waals surface area contributed by atoms with Gasteiger partial charge in [-0.15, -0.1) is 0 Å². The zero-order valence-electron chi connectivity index (χ0n) is 8.79. The summed E-state index contributed by atoms with van der Waals surface area (Å²) >= 11 is 0. The molecule has 1 aliphatic rings. The summed E-state index contributed by atoms with van der Waals surface area (Å²) in [7, 11) is 0. The lowest BCUT2D eigenvalue weighted by Crippen LogP contribution is -1.90. The van der Waals surface area contributed by atoms with Crippen LogP contribution in [-0.2, 0) is 12.8 Å². The predicted octanol–water partition coefficient (Wildman–Crippen LogP) is 2.73. The van der Waals surface area contributed by atoms with E-state index in [-0.39, 0.29) is 0 Å². The van der Waals surface area contributed by atoms with Crippen molar-refractivity contribution in [2.45, 2.75) is 19.8 Å². The molecule has 0 aliphatic carbocycles. The normalized spacial score (nSPS) is 13.9. The van der Waals surface area contributed by atoms with E-state index in [1.54, 1.807) is 0 Å². The number of hydrogen-bond donors (Lipinski definition) is 0. The average molecular weight is 199 g/mol. The van der Waals surface area contributed by atoms with Crippen LogP contribution in [0.1, 0.15) is 18.2 Å². The Hall–Kier alpha value is -1.57. The van der Waals surface area contributed by atoms with Gasteiger partial charge in [0.25, 0.3) is 0 Å². The summed E-state index contributed by atoms with van der Waals surface area (Å²) in [6, 6.07) is 6.30. The van der Waals surface area contributed by atoms with Crippen LogP contribution in [0.2, 0.25) is 0 Å². The van der Waals surface area contributed by atoms with E-state index in [0.717, 1.165) is 25.2 Å². The molecule has 2 nitrogen and oxygen atoms in total. The highest BCUT2D eigenvalue weighted by Gasteiger charge is 2.15. The monoisotopic (exact) mass is 199 g/mol. The van der Waals surface area contributed by atoms with Gasteiger partial charge < -0.3 is 4.74 Å². The molecule has 1 aromatic carbocycles. The van der Waals surface area contributed by atoms with Gasteiger partial charge in [0, 0.05) is 29.3 Å². The molecular weight excluding hydrogens is 186 g/mol. The molecule has 0 radical (unpaired) electrons. The third-order valence-corrected chi connectivity index (χ3v) is 3.04. The minimum absolute atomic E-state index is 0.818. The van der Waals surface area contributed by atoms with E-state index in [1.807, 2.05) is 6.20 Å². The Balaban J connectivity index is 2.37. The van der Waals surface area contributed by atoms with Gasteiger partial charge in [-0.3, -0.25) is 4.98 Å². The number of rotatable bonds is 1. The van der Waals surface area contributed by atoms with Gasteiger partial charge in [0.05, 0.1) is 6.61 Å². The summed E-state index contributed by atoms with van der Waals surface area (Å²) in [5.41, 5.74) is 2.53. The van der Waals surface area contributed by atoms with Crippen molar-refractivity contribution in [1.82, 2.24) is 4.98 Å². The van der Waals surface area contributed by atoms with Gasteiger partial charge in [-0.2, -0.15) is 0 Å². The molecule has 0 bridgehead atoms. The van der Waals surface area contributed by atoms with Gasteiger partial charge >= 0.3 is 0 Å². The van der Waals surface area contributed by atoms with E-state index in [0.29, 0.717) is 0 Å². The van der Waals surface area contributed by atoms with Crippen molar-refractivity contribution < 1.29 is 4.74 Å². The number of ether oxygens (including phenoxy) is 1. The Morgan fingerprint density at radius 2 is 2.20 bits per heavy atom. The van der Waals surface area contributed by atoms with E-state index in [4.69, 9.17) is 4.74 Å². The topological polar surface area (TPSA) is 22.1 Å². The fourth-order valence-electron chi connectivity index (χ4n) is 2.30. The number of pyridine rings is 1. The minimum atomic E-state index is 0.818. The molecule has 15 heavy (non-hydrogen) atoms. The first-order chi connectivity index (χ1) is 7.40. The van der Waals surface area contributed by atoms with Crippen LogP contribution < -0.4 is 4.74 Å². The first-order valence-electron chi connectivity index (χ1n) is 5.42. The molecule has 0 unspecified atom stereocenters. The molecule has 0 N–H and O–H groups in total. The zero-order valence-corrected chi connectivity index (χ0v) is 8.79. The number of aryl methyl sites for hydroxylation is 1. The zero-order chi connectivity index (χ0) is 10.3. The number of hydrogen-bond acceptors (Lipinski definition) is 2. The third kappa shape index (κ3) is 1.21. The summed E-state index contributed by atoms with van der Waals surface area (Å²) < 4.78 is 5.56. The summed E-state index contributed by atoms with van der Waals surface area (Å²) in [6.07, 6.45) is 3.91. The smallest absolute Gasteiger partial charge is 0.123 e. The Kier molecular flexibility index (Phi) is 1.88. The van der Waals surface area contributed by atoms with Crippen LogP contribution in [0.25, 0.3) is 10.8 Å². The molecule has 0 atom stereocenters. The predicted molar refractivity (Wildman–Crippen MR) is 60.3 cm³/mol. The lowest BCUT2D eigenvalue weighted by atomic mass is 10.0. The highest BCUT2D eigenvalue weighted by atomic mass is 16.5. The molecule has 0 fully saturated rings. The quantitative estimate of drug-likeness (QED) is 0.704. The second-order valence-corrected chi connectivity index (χ2v) is 3.85. The van der Waals surface area contributed by atoms with Crippen molar-refractivity contribution in [2.24, 2.45) is 0 Å². The molecule has 0 saturated carbocycles. The van der Waals surface area contributed by atoms with Crippen LogP contribution in [0.5, 0.6) is 5.75 Å². The summed E-state index contributed by atoms with van der Waals surface area (Å²) in [5, 5.41) is 2.60. The molecule has 0 amide bonds. The van der Waals surface area contributed by atoms with Crippen molar-refractivity contribution in [3.63, 3.8) is 0 Å². The second-order valence-electron chi connectivity index (χ2n) is 3.85. The summed E-state index contributed by atoms with van der Waals surface area (Å²) in [4.78, 5) is 4.41.